The van der Waals surface area contributed by atoms with Crippen molar-refractivity contribution in [2.24, 2.45) is 0 Å². The van der Waals surface area contributed by atoms with Crippen LogP contribution in [-0.4, -0.2) is 59.6 Å². The second-order valence-electron chi connectivity index (χ2n) is 4.91. The lowest BCUT2D eigenvalue weighted by atomic mass is 10.2. The van der Waals surface area contributed by atoms with Gasteiger partial charge in [-0.15, -0.1) is 0 Å². The number of carbonyl (C=O) groups is 1. The van der Waals surface area contributed by atoms with Crippen molar-refractivity contribution in [3.63, 3.8) is 0 Å². The van der Waals surface area contributed by atoms with E-state index >= 15 is 0 Å². The van der Waals surface area contributed by atoms with Crippen molar-refractivity contribution in [3.8, 4) is 0 Å². The zero-order chi connectivity index (χ0) is 16.0. The van der Waals surface area contributed by atoms with Crippen LogP contribution in [0.25, 0.3) is 0 Å². The Balaban J connectivity index is 3.11. The van der Waals surface area contributed by atoms with Crippen LogP contribution in [-0.2, 0) is 0 Å². The summed E-state index contributed by atoms with van der Waals surface area (Å²) >= 11 is 0. The van der Waals surface area contributed by atoms with Crippen molar-refractivity contribution in [2.45, 2.75) is 13.3 Å². The third-order valence-corrected chi connectivity index (χ3v) is 2.93. The molecule has 0 bridgehead atoms. The first-order chi connectivity index (χ1) is 9.86. The normalized spacial score (nSPS) is 10.7. The number of hydrogen-bond donors (Lipinski definition) is 1. The van der Waals surface area contributed by atoms with Crippen LogP contribution < -0.4 is 4.90 Å². The molecule has 0 saturated carbocycles. The Morgan fingerprint density at radius 2 is 2.05 bits per heavy atom. The molecule has 0 unspecified atom stereocenters. The van der Waals surface area contributed by atoms with Gasteiger partial charge in [-0.25, -0.2) is 9.78 Å². The minimum absolute atomic E-state index is 0.337. The second kappa shape index (κ2) is 7.53. The summed E-state index contributed by atoms with van der Waals surface area (Å²) in [5, 5.41) is 19.9. The van der Waals surface area contributed by atoms with Crippen LogP contribution in [0.2, 0.25) is 0 Å². The monoisotopic (exact) mass is 296 g/mol. The standard InChI is InChI=1S/C13H20N4O4/c1-4-5-16(7-6-15(2)3)12-8-10(13(18)19)11(9-14-12)17(20)21/h8-9H,4-7H2,1-3H3,(H,18,19). The quantitative estimate of drug-likeness (QED) is 0.572. The summed E-state index contributed by atoms with van der Waals surface area (Å²) < 4.78 is 0. The molecule has 1 rings (SSSR count). The molecule has 8 heteroatoms. The van der Waals surface area contributed by atoms with E-state index in [4.69, 9.17) is 5.11 Å². The van der Waals surface area contributed by atoms with E-state index in [-0.39, 0.29) is 5.56 Å². The highest BCUT2D eigenvalue weighted by atomic mass is 16.6. The third-order valence-electron chi connectivity index (χ3n) is 2.93. The van der Waals surface area contributed by atoms with Gasteiger partial charge in [-0.3, -0.25) is 10.1 Å². The molecule has 116 valence electrons. The first-order valence-corrected chi connectivity index (χ1v) is 6.64. The van der Waals surface area contributed by atoms with Gasteiger partial charge in [0.2, 0.25) is 0 Å². The highest BCUT2D eigenvalue weighted by molar-refractivity contribution is 5.93. The summed E-state index contributed by atoms with van der Waals surface area (Å²) in [4.78, 5) is 29.2. The minimum Gasteiger partial charge on any atom is -0.477 e. The molecular formula is C13H20N4O4. The van der Waals surface area contributed by atoms with Gasteiger partial charge < -0.3 is 14.9 Å². The first-order valence-electron chi connectivity index (χ1n) is 6.64. The summed E-state index contributed by atoms with van der Waals surface area (Å²) in [6, 6.07) is 1.27. The molecule has 0 radical (unpaired) electrons. The van der Waals surface area contributed by atoms with Crippen LogP contribution >= 0.6 is 0 Å². The molecule has 0 saturated heterocycles. The number of nitrogens with zero attached hydrogens (tertiary/aromatic N) is 4. The first kappa shape index (κ1) is 16.8. The van der Waals surface area contributed by atoms with Crippen molar-refractivity contribution >= 4 is 17.5 Å². The van der Waals surface area contributed by atoms with Gasteiger partial charge in [0.15, 0.2) is 0 Å². The van der Waals surface area contributed by atoms with Gasteiger partial charge in [0.1, 0.15) is 17.6 Å². The number of anilines is 1. The van der Waals surface area contributed by atoms with Crippen LogP contribution in [0.15, 0.2) is 12.3 Å². The van der Waals surface area contributed by atoms with Gasteiger partial charge in [-0.2, -0.15) is 0 Å². The molecule has 1 heterocycles. The molecule has 1 aromatic rings. The van der Waals surface area contributed by atoms with Crippen molar-refractivity contribution in [2.75, 3.05) is 38.6 Å². The SMILES string of the molecule is CCCN(CCN(C)C)c1cc(C(=O)O)c([N+](=O)[O-])cn1. The maximum Gasteiger partial charge on any atom is 0.342 e. The summed E-state index contributed by atoms with van der Waals surface area (Å²) in [5.74, 6) is -0.879. The highest BCUT2D eigenvalue weighted by Crippen LogP contribution is 2.22. The van der Waals surface area contributed by atoms with Crippen LogP contribution in [0.5, 0.6) is 0 Å². The number of nitro groups is 1. The maximum atomic E-state index is 11.2. The van der Waals surface area contributed by atoms with Crippen LogP contribution in [0, 0.1) is 10.1 Å². The Labute approximate surface area is 123 Å². The number of aromatic carboxylic acids is 1. The number of hydrogen-bond acceptors (Lipinski definition) is 6. The summed E-state index contributed by atoms with van der Waals surface area (Å²) in [5.41, 5.74) is -0.828. The molecular weight excluding hydrogens is 276 g/mol. The molecule has 0 aliphatic carbocycles. The Morgan fingerprint density at radius 1 is 1.38 bits per heavy atom. The molecule has 1 aromatic heterocycles. The van der Waals surface area contributed by atoms with Gasteiger partial charge in [0, 0.05) is 25.7 Å². The van der Waals surface area contributed by atoms with E-state index in [0.29, 0.717) is 18.9 Å². The van der Waals surface area contributed by atoms with E-state index in [0.717, 1.165) is 19.2 Å². The number of carboxylic acid groups (broad SMARTS) is 1. The fourth-order valence-electron chi connectivity index (χ4n) is 1.86. The van der Waals surface area contributed by atoms with Gasteiger partial charge in [-0.1, -0.05) is 6.92 Å². The van der Waals surface area contributed by atoms with Crippen LogP contribution in [0.3, 0.4) is 0 Å². The molecule has 8 nitrogen and oxygen atoms in total. The molecule has 0 aliphatic heterocycles. The van der Waals surface area contributed by atoms with Crippen LogP contribution in [0.1, 0.15) is 23.7 Å². The minimum atomic E-state index is -1.32. The number of carboxylic acids is 1. The summed E-state index contributed by atoms with van der Waals surface area (Å²) in [6.07, 6.45) is 1.88. The maximum absolute atomic E-state index is 11.2. The third kappa shape index (κ3) is 4.67. The number of rotatable bonds is 8. The number of pyridine rings is 1. The van der Waals surface area contributed by atoms with E-state index in [1.54, 1.807) is 0 Å². The Kier molecular flexibility index (Phi) is 6.04. The molecule has 0 amide bonds. The molecule has 21 heavy (non-hydrogen) atoms. The summed E-state index contributed by atoms with van der Waals surface area (Å²) in [7, 11) is 3.88. The Bertz CT molecular complexity index is 519. The van der Waals surface area contributed by atoms with Crippen molar-refractivity contribution < 1.29 is 14.8 Å². The van der Waals surface area contributed by atoms with Crippen molar-refractivity contribution in [3.05, 3.63) is 27.9 Å². The molecule has 1 N–H and O–H groups in total. The number of aromatic nitrogens is 1. The zero-order valence-electron chi connectivity index (χ0n) is 12.4. The molecule has 0 aromatic carbocycles. The predicted octanol–water partition coefficient (Wildman–Crippen LogP) is 1.47. The Morgan fingerprint density at radius 3 is 2.52 bits per heavy atom. The lowest BCUT2D eigenvalue weighted by Crippen LogP contribution is -2.33. The van der Waals surface area contributed by atoms with Gasteiger partial charge in [0.05, 0.1) is 4.92 Å². The van der Waals surface area contributed by atoms with Crippen molar-refractivity contribution in [1.29, 1.82) is 0 Å². The van der Waals surface area contributed by atoms with E-state index in [1.165, 1.54) is 6.07 Å². The summed E-state index contributed by atoms with van der Waals surface area (Å²) in [6.45, 7) is 4.16. The molecule has 0 atom stereocenters. The zero-order valence-corrected chi connectivity index (χ0v) is 12.4. The lowest BCUT2D eigenvalue weighted by Gasteiger charge is -2.25. The second-order valence-corrected chi connectivity index (χ2v) is 4.91. The lowest BCUT2D eigenvalue weighted by molar-refractivity contribution is -0.385. The molecule has 0 aliphatic rings. The van der Waals surface area contributed by atoms with Gasteiger partial charge in [0.25, 0.3) is 0 Å². The molecule has 0 spiro atoms. The average Bonchev–Trinajstić information content (AvgIpc) is 2.42. The van der Waals surface area contributed by atoms with Gasteiger partial charge in [-0.05, 0) is 20.5 Å². The van der Waals surface area contributed by atoms with E-state index in [9.17, 15) is 14.9 Å². The smallest absolute Gasteiger partial charge is 0.342 e. The van der Waals surface area contributed by atoms with E-state index in [1.807, 2.05) is 30.8 Å². The van der Waals surface area contributed by atoms with Crippen LogP contribution in [0.4, 0.5) is 11.5 Å². The topological polar surface area (TPSA) is 99.8 Å². The van der Waals surface area contributed by atoms with E-state index in [2.05, 4.69) is 4.98 Å². The average molecular weight is 296 g/mol. The van der Waals surface area contributed by atoms with Crippen molar-refractivity contribution in [1.82, 2.24) is 9.88 Å². The fourth-order valence-corrected chi connectivity index (χ4v) is 1.86. The largest absolute Gasteiger partial charge is 0.477 e. The highest BCUT2D eigenvalue weighted by Gasteiger charge is 2.22. The number of likely N-dealkylation sites (N-methyl/N-ethyl adjacent to an activating group) is 1. The predicted molar refractivity (Wildman–Crippen MR) is 78.9 cm³/mol. The van der Waals surface area contributed by atoms with Gasteiger partial charge >= 0.3 is 11.7 Å². The fraction of sp³-hybridized carbons (Fsp3) is 0.538. The Hall–Kier alpha value is -2.22. The molecule has 0 fully saturated rings. The van der Waals surface area contributed by atoms with E-state index < -0.39 is 16.6 Å².